The van der Waals surface area contributed by atoms with Crippen molar-refractivity contribution in [3.05, 3.63) is 54.1 Å². The zero-order valence-corrected chi connectivity index (χ0v) is 20.4. The first-order valence-corrected chi connectivity index (χ1v) is 10.6. The second kappa shape index (κ2) is 13.4. The van der Waals surface area contributed by atoms with E-state index in [1.165, 1.54) is 5.56 Å². The molecule has 1 N–H and O–H groups in total. The van der Waals surface area contributed by atoms with E-state index in [0.717, 1.165) is 70.6 Å². The topological polar surface area (TPSA) is 61.6 Å². The third-order valence-electron chi connectivity index (χ3n) is 5.09. The van der Waals surface area contributed by atoms with E-state index < -0.39 is 0 Å². The van der Waals surface area contributed by atoms with E-state index in [1.807, 2.05) is 0 Å². The van der Waals surface area contributed by atoms with Gasteiger partial charge in [0.2, 0.25) is 0 Å². The summed E-state index contributed by atoms with van der Waals surface area (Å²) in [6.45, 7) is 11.7. The molecule has 0 atom stereocenters. The minimum Gasteiger partial charge on any atom is -0.357 e. The maximum atomic E-state index is 4.84. The Labute approximate surface area is 197 Å². The first-order chi connectivity index (χ1) is 14.3. The van der Waals surface area contributed by atoms with Crippen LogP contribution in [0.2, 0.25) is 0 Å². The standard InChI is InChI=1S/C22H33N7.HI/c1-3-21-26-25-19-29(21)14-12-24-22(23-4-2)28-17-15-27(16-18-28)13-8-11-20-9-6-5-7-10-20;/h5-11,19H,3-4,12-18H2,1-2H3,(H,23,24);1H/b11-8+;. The quantitative estimate of drug-likeness (QED) is 0.328. The second-order valence-electron chi connectivity index (χ2n) is 7.13. The molecule has 1 saturated heterocycles. The summed E-state index contributed by atoms with van der Waals surface area (Å²) < 4.78 is 2.09. The number of piperazine rings is 1. The number of hydrogen-bond acceptors (Lipinski definition) is 4. The SMILES string of the molecule is CCNC(=NCCn1cnnc1CC)N1CCN(C/C=C/c2ccccc2)CC1.I. The number of nitrogens with zero attached hydrogens (tertiary/aromatic N) is 6. The molecule has 1 aromatic carbocycles. The molecule has 7 nitrogen and oxygen atoms in total. The van der Waals surface area contributed by atoms with Crippen LogP contribution in [0.4, 0.5) is 0 Å². The van der Waals surface area contributed by atoms with Crippen molar-refractivity contribution in [3.8, 4) is 0 Å². The monoisotopic (exact) mass is 523 g/mol. The lowest BCUT2D eigenvalue weighted by Gasteiger charge is -2.36. The van der Waals surface area contributed by atoms with Gasteiger partial charge in [-0.25, -0.2) is 0 Å². The Hall–Kier alpha value is -1.94. The van der Waals surface area contributed by atoms with Crippen molar-refractivity contribution < 1.29 is 0 Å². The molecule has 0 aliphatic carbocycles. The molecule has 1 fully saturated rings. The van der Waals surface area contributed by atoms with Gasteiger partial charge in [-0.3, -0.25) is 9.89 Å². The first kappa shape index (κ1) is 24.3. The average molecular weight is 523 g/mol. The Morgan fingerprint density at radius 3 is 2.60 bits per heavy atom. The molecule has 2 aromatic rings. The smallest absolute Gasteiger partial charge is 0.194 e. The third kappa shape index (κ3) is 7.39. The number of nitrogens with one attached hydrogen (secondary N) is 1. The fourth-order valence-electron chi connectivity index (χ4n) is 3.47. The summed E-state index contributed by atoms with van der Waals surface area (Å²) in [7, 11) is 0. The number of benzene rings is 1. The molecular weight excluding hydrogens is 489 g/mol. The van der Waals surface area contributed by atoms with Crippen molar-refractivity contribution in [2.45, 2.75) is 26.8 Å². The first-order valence-electron chi connectivity index (χ1n) is 10.6. The van der Waals surface area contributed by atoms with Crippen molar-refractivity contribution in [2.75, 3.05) is 45.8 Å². The van der Waals surface area contributed by atoms with E-state index in [1.54, 1.807) is 6.33 Å². The molecule has 0 radical (unpaired) electrons. The molecule has 8 heteroatoms. The molecule has 0 unspecified atom stereocenters. The fourth-order valence-corrected chi connectivity index (χ4v) is 3.47. The van der Waals surface area contributed by atoms with E-state index in [2.05, 4.69) is 86.2 Å². The molecule has 30 heavy (non-hydrogen) atoms. The van der Waals surface area contributed by atoms with Crippen molar-refractivity contribution in [1.82, 2.24) is 29.9 Å². The zero-order valence-electron chi connectivity index (χ0n) is 18.1. The molecule has 3 rings (SSSR count). The highest BCUT2D eigenvalue weighted by Gasteiger charge is 2.18. The van der Waals surface area contributed by atoms with Crippen LogP contribution in [0, 0.1) is 0 Å². The maximum Gasteiger partial charge on any atom is 0.194 e. The van der Waals surface area contributed by atoms with Crippen LogP contribution >= 0.6 is 24.0 Å². The van der Waals surface area contributed by atoms with Gasteiger partial charge in [-0.15, -0.1) is 34.2 Å². The predicted molar refractivity (Wildman–Crippen MR) is 134 cm³/mol. The molecule has 1 aliphatic heterocycles. The van der Waals surface area contributed by atoms with Gasteiger partial charge in [-0.1, -0.05) is 49.4 Å². The number of guanidine groups is 1. The summed E-state index contributed by atoms with van der Waals surface area (Å²) in [6, 6.07) is 10.5. The van der Waals surface area contributed by atoms with Gasteiger partial charge in [0.25, 0.3) is 0 Å². The van der Waals surface area contributed by atoms with Gasteiger partial charge in [-0.05, 0) is 12.5 Å². The van der Waals surface area contributed by atoms with Crippen LogP contribution in [-0.2, 0) is 13.0 Å². The normalized spacial score (nSPS) is 15.4. The summed E-state index contributed by atoms with van der Waals surface area (Å²) in [5.74, 6) is 2.03. The van der Waals surface area contributed by atoms with E-state index >= 15 is 0 Å². The highest BCUT2D eigenvalue weighted by atomic mass is 127. The van der Waals surface area contributed by atoms with Crippen LogP contribution in [0.1, 0.15) is 25.2 Å². The molecule has 1 aromatic heterocycles. The van der Waals surface area contributed by atoms with Crippen LogP contribution in [0.15, 0.2) is 47.7 Å². The maximum absolute atomic E-state index is 4.84. The van der Waals surface area contributed by atoms with Gasteiger partial charge < -0.3 is 14.8 Å². The molecule has 0 bridgehead atoms. The van der Waals surface area contributed by atoms with E-state index in [0.29, 0.717) is 0 Å². The van der Waals surface area contributed by atoms with Gasteiger partial charge >= 0.3 is 0 Å². The lowest BCUT2D eigenvalue weighted by molar-refractivity contribution is 0.194. The predicted octanol–water partition coefficient (Wildman–Crippen LogP) is 2.76. The van der Waals surface area contributed by atoms with Gasteiger partial charge in [0, 0.05) is 52.2 Å². The average Bonchev–Trinajstić information content (AvgIpc) is 3.22. The number of hydrogen-bond donors (Lipinski definition) is 1. The van der Waals surface area contributed by atoms with Crippen molar-refractivity contribution in [1.29, 1.82) is 0 Å². The lowest BCUT2D eigenvalue weighted by atomic mass is 10.2. The summed E-state index contributed by atoms with van der Waals surface area (Å²) in [4.78, 5) is 9.70. The van der Waals surface area contributed by atoms with Gasteiger partial charge in [0.1, 0.15) is 12.2 Å². The minimum atomic E-state index is 0. The van der Waals surface area contributed by atoms with Crippen molar-refractivity contribution >= 4 is 36.0 Å². The zero-order chi connectivity index (χ0) is 20.3. The Morgan fingerprint density at radius 1 is 1.13 bits per heavy atom. The fraction of sp³-hybridized carbons (Fsp3) is 0.500. The lowest BCUT2D eigenvalue weighted by Crippen LogP contribution is -2.52. The highest BCUT2D eigenvalue weighted by molar-refractivity contribution is 14.0. The summed E-state index contributed by atoms with van der Waals surface area (Å²) in [5, 5.41) is 11.6. The summed E-state index contributed by atoms with van der Waals surface area (Å²) >= 11 is 0. The van der Waals surface area contributed by atoms with Gasteiger partial charge in [0.15, 0.2) is 5.96 Å². The second-order valence-corrected chi connectivity index (χ2v) is 7.13. The molecule has 2 heterocycles. The minimum absolute atomic E-state index is 0. The van der Waals surface area contributed by atoms with Crippen LogP contribution in [0.25, 0.3) is 6.08 Å². The molecule has 0 spiro atoms. The van der Waals surface area contributed by atoms with Crippen LogP contribution < -0.4 is 5.32 Å². The highest BCUT2D eigenvalue weighted by Crippen LogP contribution is 2.05. The molecular formula is C22H34IN7. The molecule has 0 amide bonds. The third-order valence-corrected chi connectivity index (χ3v) is 5.09. The number of aryl methyl sites for hydroxylation is 1. The number of aromatic nitrogens is 3. The van der Waals surface area contributed by atoms with Crippen molar-refractivity contribution in [2.24, 2.45) is 4.99 Å². The molecule has 164 valence electrons. The van der Waals surface area contributed by atoms with E-state index in [9.17, 15) is 0 Å². The van der Waals surface area contributed by atoms with Gasteiger partial charge in [0.05, 0.1) is 6.54 Å². The Balaban J connectivity index is 0.00000320. The molecule has 1 aliphatic rings. The van der Waals surface area contributed by atoms with E-state index in [4.69, 9.17) is 4.99 Å². The number of halogens is 1. The van der Waals surface area contributed by atoms with Crippen LogP contribution in [-0.4, -0.2) is 76.3 Å². The van der Waals surface area contributed by atoms with Gasteiger partial charge in [-0.2, -0.15) is 0 Å². The Kier molecular flexibility index (Phi) is 10.9. The number of aliphatic imine (C=N–C) groups is 1. The van der Waals surface area contributed by atoms with E-state index in [-0.39, 0.29) is 24.0 Å². The Morgan fingerprint density at radius 2 is 1.90 bits per heavy atom. The number of rotatable bonds is 8. The largest absolute Gasteiger partial charge is 0.357 e. The summed E-state index contributed by atoms with van der Waals surface area (Å²) in [5.41, 5.74) is 1.26. The Bertz CT molecular complexity index is 780. The van der Waals surface area contributed by atoms with Crippen LogP contribution in [0.3, 0.4) is 0 Å². The van der Waals surface area contributed by atoms with Crippen molar-refractivity contribution in [3.63, 3.8) is 0 Å². The molecule has 0 saturated carbocycles. The summed E-state index contributed by atoms with van der Waals surface area (Å²) in [6.07, 6.45) is 7.15. The van der Waals surface area contributed by atoms with Crippen LogP contribution in [0.5, 0.6) is 0 Å².